The minimum absolute atomic E-state index is 0.0688. The molecule has 1 amide bonds. The average molecular weight is 391 g/mol. The third-order valence-corrected chi connectivity index (χ3v) is 3.92. The zero-order valence-electron chi connectivity index (χ0n) is 13.5. The van der Waals surface area contributed by atoms with Crippen LogP contribution in [-0.2, 0) is 6.54 Å². The van der Waals surface area contributed by atoms with Gasteiger partial charge >= 0.3 is 5.69 Å². The number of nitro groups is 1. The molecule has 2 N–H and O–H groups in total. The highest BCUT2D eigenvalue weighted by Gasteiger charge is 2.18. The van der Waals surface area contributed by atoms with E-state index >= 15 is 0 Å². The predicted octanol–water partition coefficient (Wildman–Crippen LogP) is 1.99. The van der Waals surface area contributed by atoms with Gasteiger partial charge in [0.1, 0.15) is 16.3 Å². The van der Waals surface area contributed by atoms with E-state index in [1.807, 2.05) is 0 Å². The number of nitrogens with zero attached hydrogens (tertiary/aromatic N) is 2. The lowest BCUT2D eigenvalue weighted by atomic mass is 10.2. The number of halogens is 1. The van der Waals surface area contributed by atoms with E-state index in [1.54, 1.807) is 12.1 Å². The number of hydrogen-bond donors (Lipinski definition) is 2. The lowest BCUT2D eigenvalue weighted by Crippen LogP contribution is -2.39. The molecule has 3 aromatic rings. The van der Waals surface area contributed by atoms with Crippen LogP contribution >= 0.6 is 11.6 Å². The molecule has 0 aliphatic heterocycles. The Labute approximate surface area is 155 Å². The molecule has 0 spiro atoms. The van der Waals surface area contributed by atoms with E-state index in [1.165, 1.54) is 18.4 Å². The van der Waals surface area contributed by atoms with Crippen molar-refractivity contribution >= 4 is 28.9 Å². The summed E-state index contributed by atoms with van der Waals surface area (Å²) >= 11 is 5.72. The van der Waals surface area contributed by atoms with Crippen molar-refractivity contribution in [2.45, 2.75) is 6.54 Å². The van der Waals surface area contributed by atoms with Crippen LogP contribution in [0, 0.1) is 10.1 Å². The molecule has 0 saturated heterocycles. The van der Waals surface area contributed by atoms with Crippen molar-refractivity contribution in [3.8, 4) is 0 Å². The summed E-state index contributed by atoms with van der Waals surface area (Å²) in [5, 5.41) is 13.2. The Balaban J connectivity index is 1.92. The van der Waals surface area contributed by atoms with Gasteiger partial charge in [0.05, 0.1) is 17.7 Å². The fourth-order valence-corrected chi connectivity index (χ4v) is 2.49. The molecule has 2 aromatic heterocycles. The quantitative estimate of drug-likeness (QED) is 0.504. The minimum atomic E-state index is -0.846. The van der Waals surface area contributed by atoms with Crippen LogP contribution in [0.4, 0.5) is 11.4 Å². The number of H-pyrrole nitrogens is 1. The van der Waals surface area contributed by atoms with Crippen molar-refractivity contribution in [1.29, 1.82) is 0 Å². The second-order valence-corrected chi connectivity index (χ2v) is 5.76. The number of aromatic nitrogens is 2. The van der Waals surface area contributed by atoms with Gasteiger partial charge < -0.3 is 14.7 Å². The average Bonchev–Trinajstić information content (AvgIpc) is 3.13. The number of nitrogens with one attached hydrogen (secondary N) is 2. The number of rotatable bonds is 5. The van der Waals surface area contributed by atoms with Crippen LogP contribution in [0.3, 0.4) is 0 Å². The fraction of sp³-hybridized carbons (Fsp3) is 0.0625. The first kappa shape index (κ1) is 18.1. The van der Waals surface area contributed by atoms with Crippen LogP contribution in [0.15, 0.2) is 56.8 Å². The second kappa shape index (κ2) is 7.30. The lowest BCUT2D eigenvalue weighted by Gasteiger charge is -2.07. The third kappa shape index (κ3) is 3.80. The van der Waals surface area contributed by atoms with Gasteiger partial charge in [0, 0.05) is 18.0 Å². The molecule has 11 heteroatoms. The Hall–Kier alpha value is -3.66. The molecular formula is C16H11ClN4O6. The maximum Gasteiger partial charge on any atom is 0.328 e. The standard InChI is InChI=1S/C16H11ClN4O6/c17-12-4-3-9(6-13(12)21(25)26)19-14(22)11-7-18-16(24)20(15(11)23)8-10-2-1-5-27-10/h1-7H,8H2,(H,18,24)(H,19,22). The number of carbonyl (C=O) groups excluding carboxylic acids is 1. The van der Waals surface area contributed by atoms with Gasteiger partial charge in [-0.1, -0.05) is 11.6 Å². The fourth-order valence-electron chi connectivity index (χ4n) is 2.30. The summed E-state index contributed by atoms with van der Waals surface area (Å²) in [4.78, 5) is 49.3. The van der Waals surface area contributed by atoms with E-state index < -0.39 is 27.8 Å². The van der Waals surface area contributed by atoms with E-state index in [-0.39, 0.29) is 22.8 Å². The summed E-state index contributed by atoms with van der Waals surface area (Å²) in [6.45, 7) is -0.158. The zero-order chi connectivity index (χ0) is 19.6. The number of anilines is 1. The zero-order valence-corrected chi connectivity index (χ0v) is 14.2. The number of furan rings is 1. The molecule has 3 rings (SSSR count). The van der Waals surface area contributed by atoms with Crippen LogP contribution < -0.4 is 16.6 Å². The van der Waals surface area contributed by atoms with Crippen molar-refractivity contribution in [2.75, 3.05) is 5.32 Å². The van der Waals surface area contributed by atoms with Crippen LogP contribution in [0.2, 0.25) is 5.02 Å². The Morgan fingerprint density at radius 3 is 2.78 bits per heavy atom. The van der Waals surface area contributed by atoms with Gasteiger partial charge in [-0.25, -0.2) is 4.79 Å². The number of hydrogen-bond acceptors (Lipinski definition) is 6. The van der Waals surface area contributed by atoms with Gasteiger partial charge in [-0.05, 0) is 24.3 Å². The summed E-state index contributed by atoms with van der Waals surface area (Å²) in [5.41, 5.74) is -2.23. The van der Waals surface area contributed by atoms with Gasteiger partial charge in [0.2, 0.25) is 0 Å². The number of amides is 1. The van der Waals surface area contributed by atoms with Crippen molar-refractivity contribution in [3.63, 3.8) is 0 Å². The van der Waals surface area contributed by atoms with Crippen molar-refractivity contribution in [2.24, 2.45) is 0 Å². The highest BCUT2D eigenvalue weighted by Crippen LogP contribution is 2.27. The highest BCUT2D eigenvalue weighted by molar-refractivity contribution is 6.32. The topological polar surface area (TPSA) is 140 Å². The normalized spacial score (nSPS) is 10.6. The van der Waals surface area contributed by atoms with Gasteiger partial charge in [0.15, 0.2) is 0 Å². The summed E-state index contributed by atoms with van der Waals surface area (Å²) in [7, 11) is 0. The summed E-state index contributed by atoms with van der Waals surface area (Å²) in [6.07, 6.45) is 2.36. The molecule has 0 fully saturated rings. The van der Waals surface area contributed by atoms with Gasteiger partial charge in [-0.3, -0.25) is 24.3 Å². The first-order valence-corrected chi connectivity index (χ1v) is 7.85. The molecule has 2 heterocycles. The van der Waals surface area contributed by atoms with Gasteiger partial charge in [0.25, 0.3) is 17.2 Å². The molecule has 0 aliphatic carbocycles. The number of nitro benzene ring substituents is 1. The number of benzene rings is 1. The highest BCUT2D eigenvalue weighted by atomic mass is 35.5. The monoisotopic (exact) mass is 390 g/mol. The predicted molar refractivity (Wildman–Crippen MR) is 95.2 cm³/mol. The van der Waals surface area contributed by atoms with E-state index in [2.05, 4.69) is 10.3 Å². The molecule has 0 saturated carbocycles. The first-order valence-electron chi connectivity index (χ1n) is 7.47. The molecule has 0 aliphatic rings. The summed E-state index contributed by atoms with van der Waals surface area (Å²) < 4.78 is 5.90. The molecule has 0 radical (unpaired) electrons. The Morgan fingerprint density at radius 2 is 2.11 bits per heavy atom. The first-order chi connectivity index (χ1) is 12.9. The summed E-state index contributed by atoms with van der Waals surface area (Å²) in [5.74, 6) is -0.491. The van der Waals surface area contributed by atoms with E-state index in [4.69, 9.17) is 16.0 Å². The van der Waals surface area contributed by atoms with E-state index in [0.29, 0.717) is 5.76 Å². The van der Waals surface area contributed by atoms with Crippen LogP contribution in [0.5, 0.6) is 0 Å². The third-order valence-electron chi connectivity index (χ3n) is 3.60. The van der Waals surface area contributed by atoms with Gasteiger partial charge in [-0.15, -0.1) is 0 Å². The van der Waals surface area contributed by atoms with Crippen LogP contribution in [0.25, 0.3) is 0 Å². The number of carbonyl (C=O) groups is 1. The molecule has 10 nitrogen and oxygen atoms in total. The smallest absolute Gasteiger partial charge is 0.328 e. The largest absolute Gasteiger partial charge is 0.467 e. The maximum atomic E-state index is 12.5. The molecule has 0 bridgehead atoms. The van der Waals surface area contributed by atoms with Crippen molar-refractivity contribution < 1.29 is 14.1 Å². The van der Waals surface area contributed by atoms with Crippen molar-refractivity contribution in [3.05, 3.63) is 90.1 Å². The molecule has 0 atom stereocenters. The Kier molecular flexibility index (Phi) is 4.90. The molecule has 27 heavy (non-hydrogen) atoms. The molecular weight excluding hydrogens is 380 g/mol. The summed E-state index contributed by atoms with van der Waals surface area (Å²) in [6, 6.07) is 6.83. The Morgan fingerprint density at radius 1 is 1.33 bits per heavy atom. The number of aromatic amines is 1. The van der Waals surface area contributed by atoms with Crippen molar-refractivity contribution in [1.82, 2.24) is 9.55 Å². The lowest BCUT2D eigenvalue weighted by molar-refractivity contribution is -0.384. The maximum absolute atomic E-state index is 12.5. The van der Waals surface area contributed by atoms with Crippen LogP contribution in [-0.4, -0.2) is 20.4 Å². The van der Waals surface area contributed by atoms with Crippen LogP contribution in [0.1, 0.15) is 16.1 Å². The molecule has 138 valence electrons. The van der Waals surface area contributed by atoms with Gasteiger partial charge in [-0.2, -0.15) is 0 Å². The van der Waals surface area contributed by atoms with E-state index in [9.17, 15) is 24.5 Å². The minimum Gasteiger partial charge on any atom is -0.467 e. The van der Waals surface area contributed by atoms with E-state index in [0.717, 1.165) is 16.8 Å². The molecule has 1 aromatic carbocycles. The Bertz CT molecular complexity index is 1130. The molecule has 0 unspecified atom stereocenters. The second-order valence-electron chi connectivity index (χ2n) is 5.36. The SMILES string of the molecule is O=C(Nc1ccc(Cl)c([N+](=O)[O-])c1)c1c[nH]c(=O)n(Cc2ccco2)c1=O.